The maximum Gasteiger partial charge on any atom is 0.408 e. The summed E-state index contributed by atoms with van der Waals surface area (Å²) in [5, 5.41) is 15.5. The summed E-state index contributed by atoms with van der Waals surface area (Å²) in [6.45, 7) is 14.4. The molecule has 0 spiro atoms. The van der Waals surface area contributed by atoms with Gasteiger partial charge in [0, 0.05) is 19.4 Å². The van der Waals surface area contributed by atoms with E-state index in [2.05, 4.69) is 10.6 Å². The smallest absolute Gasteiger partial charge is 0.408 e. The summed E-state index contributed by atoms with van der Waals surface area (Å²) in [6, 6.07) is 19.6. The molecule has 0 saturated heterocycles. The van der Waals surface area contributed by atoms with Crippen molar-refractivity contribution in [2.24, 2.45) is 0 Å². The van der Waals surface area contributed by atoms with Crippen molar-refractivity contribution in [1.29, 1.82) is 0 Å². The van der Waals surface area contributed by atoms with Gasteiger partial charge in [0.25, 0.3) is 0 Å². The van der Waals surface area contributed by atoms with Gasteiger partial charge < -0.3 is 30.1 Å². The van der Waals surface area contributed by atoms with Crippen LogP contribution in [0.2, 0.25) is 0 Å². The Labute approximate surface area is 290 Å². The summed E-state index contributed by atoms with van der Waals surface area (Å²) in [5.74, 6) is -1.62. The highest BCUT2D eigenvalue weighted by atomic mass is 16.6. The number of aryl methyl sites for hydroxylation is 1. The first-order valence-electron chi connectivity index (χ1n) is 16.7. The van der Waals surface area contributed by atoms with Gasteiger partial charge in [0.05, 0.1) is 0 Å². The lowest BCUT2D eigenvalue weighted by atomic mass is 9.98. The fraction of sp³-hybridized carbons (Fsp3) is 0.436. The molecule has 0 aliphatic rings. The second-order valence-corrected chi connectivity index (χ2v) is 14.2. The third-order valence-corrected chi connectivity index (χ3v) is 7.32. The molecule has 0 aliphatic carbocycles. The fourth-order valence-corrected chi connectivity index (χ4v) is 5.30. The number of amides is 3. The molecule has 10 nitrogen and oxygen atoms in total. The minimum Gasteiger partial charge on any atom is -0.508 e. The molecule has 3 aromatic rings. The standard InChI is InChI=1S/C39H51N3O7/c1-9-22-42(35(45)31(41-37(47)49-39(6,7)8)24-28-18-20-30(43)21-19-28)33(29-17-13-14-26(2)23-29)34(44)40-32(36(46)48-38(3,4)5)25-27-15-11-10-12-16-27/h10-21,23,31-33,43H,9,22,24-25H2,1-8H3,(H,40,44)(H,41,47). The first kappa shape index (κ1) is 38.6. The largest absolute Gasteiger partial charge is 0.508 e. The summed E-state index contributed by atoms with van der Waals surface area (Å²) in [4.78, 5) is 57.2. The van der Waals surface area contributed by atoms with Gasteiger partial charge in [0.2, 0.25) is 11.8 Å². The number of rotatable bonds is 13. The number of alkyl carbamates (subject to hydrolysis) is 1. The minimum atomic E-state index is -1.16. The van der Waals surface area contributed by atoms with E-state index in [0.717, 1.165) is 11.1 Å². The number of nitrogens with zero attached hydrogens (tertiary/aromatic N) is 1. The van der Waals surface area contributed by atoms with Gasteiger partial charge in [-0.25, -0.2) is 9.59 Å². The number of esters is 1. The molecule has 0 heterocycles. The van der Waals surface area contributed by atoms with Gasteiger partial charge in [-0.2, -0.15) is 0 Å². The van der Waals surface area contributed by atoms with Crippen molar-refractivity contribution in [2.75, 3.05) is 6.54 Å². The van der Waals surface area contributed by atoms with E-state index in [9.17, 15) is 24.3 Å². The predicted octanol–water partition coefficient (Wildman–Crippen LogP) is 6.19. The highest BCUT2D eigenvalue weighted by Crippen LogP contribution is 2.26. The van der Waals surface area contributed by atoms with Crippen molar-refractivity contribution in [3.05, 3.63) is 101 Å². The Morgan fingerprint density at radius 3 is 1.92 bits per heavy atom. The highest BCUT2D eigenvalue weighted by molar-refractivity contribution is 5.94. The average molecular weight is 674 g/mol. The molecule has 3 amide bonds. The Hall–Kier alpha value is -4.86. The van der Waals surface area contributed by atoms with Crippen molar-refractivity contribution in [3.8, 4) is 5.75 Å². The Bertz CT molecular complexity index is 1560. The number of phenols is 1. The van der Waals surface area contributed by atoms with Crippen molar-refractivity contribution in [2.45, 2.75) is 104 Å². The third-order valence-electron chi connectivity index (χ3n) is 7.32. The maximum absolute atomic E-state index is 14.6. The Kier molecular flexibility index (Phi) is 13.4. The maximum atomic E-state index is 14.6. The van der Waals surface area contributed by atoms with Gasteiger partial charge in [-0.05, 0) is 83.7 Å². The lowest BCUT2D eigenvalue weighted by Gasteiger charge is -2.35. The number of carbonyl (C=O) groups is 4. The zero-order valence-corrected chi connectivity index (χ0v) is 29.9. The van der Waals surface area contributed by atoms with Crippen molar-refractivity contribution in [1.82, 2.24) is 15.5 Å². The summed E-state index contributed by atoms with van der Waals surface area (Å²) >= 11 is 0. The molecule has 0 bridgehead atoms. The molecule has 49 heavy (non-hydrogen) atoms. The number of ether oxygens (including phenoxy) is 2. The van der Waals surface area contributed by atoms with Crippen molar-refractivity contribution in [3.63, 3.8) is 0 Å². The molecule has 10 heteroatoms. The molecular weight excluding hydrogens is 622 g/mol. The number of hydrogen-bond acceptors (Lipinski definition) is 7. The molecule has 0 aliphatic heterocycles. The van der Waals surface area contributed by atoms with Crippen molar-refractivity contribution < 1.29 is 33.8 Å². The van der Waals surface area contributed by atoms with Gasteiger partial charge in [0.1, 0.15) is 35.1 Å². The molecule has 3 atom stereocenters. The molecule has 3 aromatic carbocycles. The van der Waals surface area contributed by atoms with E-state index in [-0.39, 0.29) is 25.1 Å². The van der Waals surface area contributed by atoms with E-state index >= 15 is 0 Å². The van der Waals surface area contributed by atoms with Crippen molar-refractivity contribution >= 4 is 23.9 Å². The lowest BCUT2D eigenvalue weighted by molar-refractivity contribution is -0.159. The van der Waals surface area contributed by atoms with Crippen LogP contribution in [-0.2, 0) is 36.7 Å². The topological polar surface area (TPSA) is 134 Å². The van der Waals surface area contributed by atoms with E-state index in [1.165, 1.54) is 17.0 Å². The van der Waals surface area contributed by atoms with E-state index in [4.69, 9.17) is 9.47 Å². The number of nitrogens with one attached hydrogen (secondary N) is 2. The molecule has 0 radical (unpaired) electrons. The van der Waals surface area contributed by atoms with E-state index in [0.29, 0.717) is 17.5 Å². The Morgan fingerprint density at radius 2 is 1.35 bits per heavy atom. The zero-order chi connectivity index (χ0) is 36.4. The molecule has 0 aromatic heterocycles. The molecular formula is C39H51N3O7. The molecule has 264 valence electrons. The van der Waals surface area contributed by atoms with Gasteiger partial charge >= 0.3 is 12.1 Å². The van der Waals surface area contributed by atoms with Crippen LogP contribution in [0.25, 0.3) is 0 Å². The van der Waals surface area contributed by atoms with Crippen LogP contribution < -0.4 is 10.6 Å². The molecule has 3 rings (SSSR count). The minimum absolute atomic E-state index is 0.0607. The summed E-state index contributed by atoms with van der Waals surface area (Å²) in [5.41, 5.74) is 1.29. The SMILES string of the molecule is CCCN(C(=O)C(Cc1ccc(O)cc1)NC(=O)OC(C)(C)C)C(C(=O)NC(Cc1ccccc1)C(=O)OC(C)(C)C)c1cccc(C)c1. The van der Waals surface area contributed by atoms with E-state index in [1.54, 1.807) is 59.7 Å². The normalized spacial score (nSPS) is 13.4. The van der Waals surface area contributed by atoms with E-state index < -0.39 is 53.2 Å². The first-order valence-corrected chi connectivity index (χ1v) is 16.7. The molecule has 0 fully saturated rings. The quantitative estimate of drug-likeness (QED) is 0.184. The molecule has 3 unspecified atom stereocenters. The Morgan fingerprint density at radius 1 is 0.755 bits per heavy atom. The van der Waals surface area contributed by atoms with Gasteiger partial charge in [-0.3, -0.25) is 9.59 Å². The van der Waals surface area contributed by atoms with Gasteiger partial charge in [-0.15, -0.1) is 0 Å². The Balaban J connectivity index is 2.08. The van der Waals surface area contributed by atoms with Crippen LogP contribution in [0.15, 0.2) is 78.9 Å². The first-order chi connectivity index (χ1) is 23.0. The van der Waals surface area contributed by atoms with Crippen LogP contribution in [0.1, 0.15) is 83.2 Å². The summed E-state index contributed by atoms with van der Waals surface area (Å²) in [6.07, 6.45) is -0.0486. The molecule has 3 N–H and O–H groups in total. The third kappa shape index (κ3) is 12.6. The van der Waals surface area contributed by atoms with Crippen LogP contribution in [0.5, 0.6) is 5.75 Å². The highest BCUT2D eigenvalue weighted by Gasteiger charge is 2.38. The zero-order valence-electron chi connectivity index (χ0n) is 29.9. The van der Waals surface area contributed by atoms with Crippen LogP contribution in [0, 0.1) is 6.92 Å². The van der Waals surface area contributed by atoms with Crippen LogP contribution >= 0.6 is 0 Å². The monoisotopic (exact) mass is 673 g/mol. The summed E-state index contributed by atoms with van der Waals surface area (Å²) in [7, 11) is 0. The second kappa shape index (κ2) is 17.0. The second-order valence-electron chi connectivity index (χ2n) is 14.2. The number of phenolic OH excluding ortho intramolecular Hbond substituents is 1. The number of aromatic hydroxyl groups is 1. The fourth-order valence-electron chi connectivity index (χ4n) is 5.30. The van der Waals surface area contributed by atoms with Crippen LogP contribution in [0.4, 0.5) is 4.79 Å². The number of carbonyl (C=O) groups excluding carboxylic acids is 4. The lowest BCUT2D eigenvalue weighted by Crippen LogP contribution is -2.55. The van der Waals surface area contributed by atoms with Gasteiger partial charge in [-0.1, -0.05) is 79.2 Å². The number of benzene rings is 3. The predicted molar refractivity (Wildman–Crippen MR) is 189 cm³/mol. The number of hydrogen-bond donors (Lipinski definition) is 3. The summed E-state index contributed by atoms with van der Waals surface area (Å²) < 4.78 is 11.2. The average Bonchev–Trinajstić information content (AvgIpc) is 2.99. The van der Waals surface area contributed by atoms with E-state index in [1.807, 2.05) is 62.4 Å². The van der Waals surface area contributed by atoms with Crippen LogP contribution in [-0.4, -0.2) is 63.7 Å². The molecule has 0 saturated carbocycles. The van der Waals surface area contributed by atoms with Gasteiger partial charge in [0.15, 0.2) is 0 Å². The van der Waals surface area contributed by atoms with Crippen LogP contribution in [0.3, 0.4) is 0 Å².